The van der Waals surface area contributed by atoms with E-state index in [1.54, 1.807) is 46.7 Å². The van der Waals surface area contributed by atoms with Gasteiger partial charge in [-0.2, -0.15) is 5.10 Å². The minimum atomic E-state index is -0.146. The van der Waals surface area contributed by atoms with Gasteiger partial charge in [-0.1, -0.05) is 18.2 Å². The van der Waals surface area contributed by atoms with Crippen LogP contribution in [0.25, 0.3) is 0 Å². The van der Waals surface area contributed by atoms with Crippen LogP contribution in [0.15, 0.2) is 72.2 Å². The number of nitrogens with one attached hydrogen (secondary N) is 1. The molecule has 0 radical (unpaired) electrons. The van der Waals surface area contributed by atoms with Crippen molar-refractivity contribution >= 4 is 34.5 Å². The van der Waals surface area contributed by atoms with Crippen molar-refractivity contribution in [2.24, 2.45) is 0 Å². The molecule has 1 aliphatic heterocycles. The molecule has 0 bridgehead atoms. The molecule has 7 heteroatoms. The van der Waals surface area contributed by atoms with Gasteiger partial charge in [0.15, 0.2) is 0 Å². The number of aromatic nitrogens is 2. The van der Waals surface area contributed by atoms with Crippen molar-refractivity contribution in [2.75, 3.05) is 10.2 Å². The zero-order valence-electron chi connectivity index (χ0n) is 16.9. The van der Waals surface area contributed by atoms with E-state index in [4.69, 9.17) is 0 Å². The predicted octanol–water partition coefficient (Wildman–Crippen LogP) is 4.71. The third-order valence-corrected chi connectivity index (χ3v) is 6.31. The van der Waals surface area contributed by atoms with Crippen LogP contribution in [0.3, 0.4) is 0 Å². The van der Waals surface area contributed by atoms with Crippen LogP contribution in [-0.2, 0) is 13.1 Å². The van der Waals surface area contributed by atoms with Gasteiger partial charge in [-0.15, -0.1) is 11.3 Å². The Morgan fingerprint density at radius 1 is 1.00 bits per heavy atom. The van der Waals surface area contributed by atoms with Crippen molar-refractivity contribution in [3.05, 3.63) is 99.5 Å². The number of hydrogen-bond acceptors (Lipinski definition) is 4. The molecule has 1 aliphatic rings. The largest absolute Gasteiger partial charge is 0.322 e. The Bertz CT molecular complexity index is 1270. The molecule has 2 aromatic heterocycles. The summed E-state index contributed by atoms with van der Waals surface area (Å²) in [6.45, 7) is 3.01. The molecule has 0 aliphatic carbocycles. The van der Waals surface area contributed by atoms with E-state index in [0.717, 1.165) is 21.8 Å². The van der Waals surface area contributed by atoms with E-state index >= 15 is 0 Å². The molecule has 2 aromatic carbocycles. The van der Waals surface area contributed by atoms with E-state index in [9.17, 15) is 9.59 Å². The third kappa shape index (κ3) is 3.64. The highest BCUT2D eigenvalue weighted by Crippen LogP contribution is 2.29. The fourth-order valence-electron chi connectivity index (χ4n) is 3.81. The number of amides is 2. The van der Waals surface area contributed by atoms with Crippen molar-refractivity contribution in [2.45, 2.75) is 20.0 Å². The van der Waals surface area contributed by atoms with Gasteiger partial charge in [0.05, 0.1) is 24.3 Å². The number of anilines is 2. The molecule has 154 valence electrons. The normalized spacial score (nSPS) is 12.6. The summed E-state index contributed by atoms with van der Waals surface area (Å²) in [6.07, 6.45) is 1.76. The van der Waals surface area contributed by atoms with Gasteiger partial charge in [0.2, 0.25) is 0 Å². The number of benzene rings is 2. The maximum absolute atomic E-state index is 13.4. The van der Waals surface area contributed by atoms with E-state index < -0.39 is 0 Å². The Morgan fingerprint density at radius 2 is 1.81 bits per heavy atom. The van der Waals surface area contributed by atoms with Gasteiger partial charge in [0, 0.05) is 28.0 Å². The van der Waals surface area contributed by atoms with Crippen LogP contribution in [0, 0.1) is 6.92 Å². The Kier molecular flexibility index (Phi) is 4.88. The Balaban J connectivity index is 1.40. The highest BCUT2D eigenvalue weighted by Gasteiger charge is 2.25. The van der Waals surface area contributed by atoms with E-state index in [1.165, 1.54) is 0 Å². The van der Waals surface area contributed by atoms with Crippen LogP contribution in [0.2, 0.25) is 0 Å². The second-order valence-electron chi connectivity index (χ2n) is 7.42. The first-order valence-electron chi connectivity index (χ1n) is 9.96. The quantitative estimate of drug-likeness (QED) is 0.514. The lowest BCUT2D eigenvalue weighted by Crippen LogP contribution is -2.30. The van der Waals surface area contributed by atoms with Crippen LogP contribution in [0.5, 0.6) is 0 Å². The van der Waals surface area contributed by atoms with Gasteiger partial charge < -0.3 is 10.2 Å². The Morgan fingerprint density at radius 3 is 2.58 bits per heavy atom. The molecule has 3 heterocycles. The van der Waals surface area contributed by atoms with E-state index in [0.29, 0.717) is 29.9 Å². The molecule has 5 rings (SSSR count). The minimum Gasteiger partial charge on any atom is -0.322 e. The van der Waals surface area contributed by atoms with E-state index in [1.807, 2.05) is 53.4 Å². The fourth-order valence-corrected chi connectivity index (χ4v) is 4.50. The molecule has 1 N–H and O–H groups in total. The van der Waals surface area contributed by atoms with Crippen LogP contribution >= 0.6 is 11.3 Å². The average molecular weight is 429 g/mol. The molecule has 31 heavy (non-hydrogen) atoms. The number of nitrogens with zero attached hydrogens (tertiary/aromatic N) is 3. The monoisotopic (exact) mass is 428 g/mol. The molecule has 6 nitrogen and oxygen atoms in total. The molecule has 2 amide bonds. The molecular formula is C24H20N4O2S. The molecule has 0 unspecified atom stereocenters. The molecule has 0 atom stereocenters. The number of carbonyl (C=O) groups is 2. The van der Waals surface area contributed by atoms with Crippen molar-refractivity contribution in [1.82, 2.24) is 9.78 Å². The minimum absolute atomic E-state index is 0.0892. The summed E-state index contributed by atoms with van der Waals surface area (Å²) in [5.41, 5.74) is 4.81. The summed E-state index contributed by atoms with van der Waals surface area (Å²) in [5, 5.41) is 9.18. The molecule has 0 fully saturated rings. The standard InChI is InChI=1S/C24H20N4O2S/c1-16-21(11-13-31-16)23(29)26-19-8-6-17(7-9-19)24(30)27-15-20-10-12-25-28(20)14-18-4-2-3-5-22(18)27/h2-13H,14-15H2,1H3,(H,26,29). The van der Waals surface area contributed by atoms with Crippen LogP contribution in [0.4, 0.5) is 11.4 Å². The maximum Gasteiger partial charge on any atom is 0.258 e. The van der Waals surface area contributed by atoms with Gasteiger partial charge in [-0.05, 0) is 60.3 Å². The smallest absolute Gasteiger partial charge is 0.258 e. The second-order valence-corrected chi connectivity index (χ2v) is 8.54. The van der Waals surface area contributed by atoms with Crippen molar-refractivity contribution < 1.29 is 9.59 Å². The second kappa shape index (κ2) is 7.85. The van der Waals surface area contributed by atoms with Crippen LogP contribution < -0.4 is 10.2 Å². The number of hydrogen-bond donors (Lipinski definition) is 1. The number of rotatable bonds is 3. The van der Waals surface area contributed by atoms with Gasteiger partial charge >= 0.3 is 0 Å². The Hall–Kier alpha value is -3.71. The van der Waals surface area contributed by atoms with Crippen LogP contribution in [0.1, 0.15) is 36.9 Å². The van der Waals surface area contributed by atoms with E-state index in [2.05, 4.69) is 10.4 Å². The van der Waals surface area contributed by atoms with Gasteiger partial charge in [0.25, 0.3) is 11.8 Å². The summed E-state index contributed by atoms with van der Waals surface area (Å²) >= 11 is 1.54. The average Bonchev–Trinajstić information content (AvgIpc) is 3.38. The number of fused-ring (bicyclic) bond motifs is 2. The summed E-state index contributed by atoms with van der Waals surface area (Å²) in [4.78, 5) is 28.6. The first kappa shape index (κ1) is 19.3. The molecule has 0 saturated carbocycles. The maximum atomic E-state index is 13.4. The first-order chi connectivity index (χ1) is 15.1. The summed E-state index contributed by atoms with van der Waals surface area (Å²) in [6, 6.07) is 18.7. The van der Waals surface area contributed by atoms with Crippen molar-refractivity contribution in [3.63, 3.8) is 0 Å². The highest BCUT2D eigenvalue weighted by molar-refractivity contribution is 7.10. The van der Waals surface area contributed by atoms with Crippen LogP contribution in [-0.4, -0.2) is 21.6 Å². The lowest BCUT2D eigenvalue weighted by atomic mass is 10.1. The zero-order valence-corrected chi connectivity index (χ0v) is 17.7. The number of carbonyl (C=O) groups excluding carboxylic acids is 2. The SMILES string of the molecule is Cc1sccc1C(=O)Nc1ccc(C(=O)N2Cc3ccnn3Cc3ccccc32)cc1. The zero-order chi connectivity index (χ0) is 21.4. The lowest BCUT2D eigenvalue weighted by molar-refractivity contribution is 0.0983. The fraction of sp³-hybridized carbons (Fsp3) is 0.125. The van der Waals surface area contributed by atoms with Crippen molar-refractivity contribution in [1.29, 1.82) is 0 Å². The highest BCUT2D eigenvalue weighted by atomic mass is 32.1. The van der Waals surface area contributed by atoms with E-state index in [-0.39, 0.29) is 11.8 Å². The number of thiophene rings is 1. The summed E-state index contributed by atoms with van der Waals surface area (Å²) < 4.78 is 1.93. The topological polar surface area (TPSA) is 67.2 Å². The molecule has 0 spiro atoms. The summed E-state index contributed by atoms with van der Waals surface area (Å²) in [5.74, 6) is -0.235. The van der Waals surface area contributed by atoms with Gasteiger partial charge in [0.1, 0.15) is 0 Å². The Labute approximate surface area is 183 Å². The third-order valence-electron chi connectivity index (χ3n) is 5.47. The summed E-state index contributed by atoms with van der Waals surface area (Å²) in [7, 11) is 0. The molecular weight excluding hydrogens is 408 g/mol. The number of para-hydroxylation sites is 1. The molecule has 4 aromatic rings. The lowest BCUT2D eigenvalue weighted by Gasteiger charge is -2.22. The first-order valence-corrected chi connectivity index (χ1v) is 10.8. The number of aryl methyl sites for hydroxylation is 1. The van der Waals surface area contributed by atoms with Gasteiger partial charge in [-0.3, -0.25) is 14.3 Å². The van der Waals surface area contributed by atoms with Crippen molar-refractivity contribution in [3.8, 4) is 0 Å². The molecule has 0 saturated heterocycles. The predicted molar refractivity (Wildman–Crippen MR) is 122 cm³/mol. The van der Waals surface area contributed by atoms with Gasteiger partial charge in [-0.25, -0.2) is 0 Å².